The highest BCUT2D eigenvalue weighted by Crippen LogP contribution is 2.34. The van der Waals surface area contributed by atoms with Crippen LogP contribution in [0.4, 0.5) is 17.6 Å². The van der Waals surface area contributed by atoms with E-state index in [4.69, 9.17) is 0 Å². The third kappa shape index (κ3) is 4.06. The van der Waals surface area contributed by atoms with Crippen LogP contribution in [0.2, 0.25) is 0 Å². The largest absolute Gasteiger partial charge is 0.419 e. The zero-order valence-electron chi connectivity index (χ0n) is 10.9. The summed E-state index contributed by atoms with van der Waals surface area (Å²) in [6, 6.07) is 2.86. The lowest BCUT2D eigenvalue weighted by Crippen LogP contribution is -2.23. The molecule has 0 radical (unpaired) electrons. The van der Waals surface area contributed by atoms with Crippen molar-refractivity contribution in [2.45, 2.75) is 32.5 Å². The van der Waals surface area contributed by atoms with Gasteiger partial charge in [-0.2, -0.15) is 13.2 Å². The standard InChI is InChI=1S/C14H17F4N/c1-4-19-12(8-9(2)3)10-6-5-7-11(13(10)15)14(16,17)18/h5-7,12,19H,2,4,8H2,1,3H3. The number of halogens is 4. The number of alkyl halides is 3. The van der Waals surface area contributed by atoms with Crippen molar-refractivity contribution < 1.29 is 17.6 Å². The van der Waals surface area contributed by atoms with Crippen LogP contribution in [0.3, 0.4) is 0 Å². The monoisotopic (exact) mass is 275 g/mol. The second-order valence-corrected chi connectivity index (χ2v) is 4.48. The smallest absolute Gasteiger partial charge is 0.310 e. The molecule has 1 nitrogen and oxygen atoms in total. The minimum Gasteiger partial charge on any atom is -0.310 e. The first-order chi connectivity index (χ1) is 8.77. The summed E-state index contributed by atoms with van der Waals surface area (Å²) < 4.78 is 52.0. The van der Waals surface area contributed by atoms with Crippen molar-refractivity contribution in [2.75, 3.05) is 6.54 Å². The molecule has 0 saturated heterocycles. The van der Waals surface area contributed by atoms with Crippen LogP contribution in [-0.4, -0.2) is 6.54 Å². The average Bonchev–Trinajstić information content (AvgIpc) is 2.26. The fraction of sp³-hybridized carbons (Fsp3) is 0.429. The van der Waals surface area contributed by atoms with E-state index in [1.807, 2.05) is 6.92 Å². The van der Waals surface area contributed by atoms with Crippen LogP contribution < -0.4 is 5.32 Å². The third-order valence-electron chi connectivity index (χ3n) is 2.71. The molecular weight excluding hydrogens is 258 g/mol. The Morgan fingerprint density at radius 3 is 2.47 bits per heavy atom. The molecule has 1 N–H and O–H groups in total. The van der Waals surface area contributed by atoms with E-state index in [0.29, 0.717) is 13.0 Å². The van der Waals surface area contributed by atoms with Gasteiger partial charge in [0.1, 0.15) is 5.82 Å². The number of hydrogen-bond donors (Lipinski definition) is 1. The summed E-state index contributed by atoms with van der Waals surface area (Å²) in [7, 11) is 0. The molecule has 0 aliphatic rings. The van der Waals surface area contributed by atoms with E-state index in [9.17, 15) is 17.6 Å². The van der Waals surface area contributed by atoms with E-state index in [-0.39, 0.29) is 5.56 Å². The van der Waals surface area contributed by atoms with E-state index >= 15 is 0 Å². The van der Waals surface area contributed by atoms with Crippen LogP contribution in [0.5, 0.6) is 0 Å². The molecule has 0 amide bonds. The minimum absolute atomic E-state index is 0.0275. The SMILES string of the molecule is C=C(C)CC(NCC)c1cccc(C(F)(F)F)c1F. The molecule has 1 rings (SSSR count). The Labute approximate surface area is 110 Å². The Hall–Kier alpha value is -1.36. The Balaban J connectivity index is 3.20. The van der Waals surface area contributed by atoms with Crippen molar-refractivity contribution >= 4 is 0 Å². The Bertz CT molecular complexity index is 451. The molecule has 19 heavy (non-hydrogen) atoms. The summed E-state index contributed by atoms with van der Waals surface area (Å²) in [4.78, 5) is 0. The van der Waals surface area contributed by atoms with Gasteiger partial charge in [0.2, 0.25) is 0 Å². The number of nitrogens with one attached hydrogen (secondary N) is 1. The zero-order chi connectivity index (χ0) is 14.6. The maximum atomic E-state index is 14.0. The van der Waals surface area contributed by atoms with Gasteiger partial charge in [-0.1, -0.05) is 24.6 Å². The predicted molar refractivity (Wildman–Crippen MR) is 67.3 cm³/mol. The first-order valence-electron chi connectivity index (χ1n) is 6.00. The van der Waals surface area contributed by atoms with Gasteiger partial charge < -0.3 is 5.32 Å². The maximum Gasteiger partial charge on any atom is 0.419 e. The second kappa shape index (κ2) is 6.19. The van der Waals surface area contributed by atoms with Crippen molar-refractivity contribution in [3.8, 4) is 0 Å². The Morgan fingerprint density at radius 2 is 2.00 bits per heavy atom. The number of rotatable bonds is 5. The normalized spacial score (nSPS) is 13.4. The molecule has 1 aromatic carbocycles. The lowest BCUT2D eigenvalue weighted by Gasteiger charge is -2.21. The summed E-state index contributed by atoms with van der Waals surface area (Å²) >= 11 is 0. The number of hydrogen-bond acceptors (Lipinski definition) is 1. The van der Waals surface area contributed by atoms with Gasteiger partial charge in [-0.25, -0.2) is 4.39 Å². The molecule has 0 fully saturated rings. The molecule has 0 heterocycles. The van der Waals surface area contributed by atoms with Crippen LogP contribution in [0.1, 0.15) is 37.4 Å². The molecule has 1 unspecified atom stereocenters. The Kier molecular flexibility index (Phi) is 5.11. The van der Waals surface area contributed by atoms with E-state index in [0.717, 1.165) is 11.6 Å². The van der Waals surface area contributed by atoms with Gasteiger partial charge in [-0.15, -0.1) is 6.58 Å². The lowest BCUT2D eigenvalue weighted by atomic mass is 9.97. The molecular formula is C14H17F4N. The van der Waals surface area contributed by atoms with Crippen LogP contribution in [0.15, 0.2) is 30.4 Å². The summed E-state index contributed by atoms with van der Waals surface area (Å²) in [5.41, 5.74) is -0.419. The molecule has 1 aromatic rings. The summed E-state index contributed by atoms with van der Waals surface area (Å²) in [6.45, 7) is 7.83. The van der Waals surface area contributed by atoms with Gasteiger partial charge in [0.05, 0.1) is 5.56 Å². The van der Waals surface area contributed by atoms with Crippen molar-refractivity contribution in [2.24, 2.45) is 0 Å². The molecule has 5 heteroatoms. The van der Waals surface area contributed by atoms with Crippen molar-refractivity contribution in [3.63, 3.8) is 0 Å². The van der Waals surface area contributed by atoms with Gasteiger partial charge in [0.25, 0.3) is 0 Å². The third-order valence-corrected chi connectivity index (χ3v) is 2.71. The fourth-order valence-corrected chi connectivity index (χ4v) is 1.92. The Morgan fingerprint density at radius 1 is 1.37 bits per heavy atom. The zero-order valence-corrected chi connectivity index (χ0v) is 10.9. The quantitative estimate of drug-likeness (QED) is 0.618. The second-order valence-electron chi connectivity index (χ2n) is 4.48. The highest BCUT2D eigenvalue weighted by atomic mass is 19.4. The summed E-state index contributed by atoms with van der Waals surface area (Å²) in [5, 5.41) is 2.98. The fourth-order valence-electron chi connectivity index (χ4n) is 1.92. The van der Waals surface area contributed by atoms with Crippen LogP contribution in [0.25, 0.3) is 0 Å². The van der Waals surface area contributed by atoms with Gasteiger partial charge in [0, 0.05) is 11.6 Å². The molecule has 1 atom stereocenters. The first kappa shape index (κ1) is 15.7. The molecule has 0 aromatic heterocycles. The van der Waals surface area contributed by atoms with Crippen molar-refractivity contribution in [1.82, 2.24) is 5.32 Å². The van der Waals surface area contributed by atoms with Gasteiger partial charge in [-0.05, 0) is 26.0 Å². The average molecular weight is 275 g/mol. The van der Waals surface area contributed by atoms with E-state index in [2.05, 4.69) is 11.9 Å². The van der Waals surface area contributed by atoms with Crippen LogP contribution >= 0.6 is 0 Å². The highest BCUT2D eigenvalue weighted by Gasteiger charge is 2.35. The van der Waals surface area contributed by atoms with E-state index < -0.39 is 23.6 Å². The lowest BCUT2D eigenvalue weighted by molar-refractivity contribution is -0.140. The summed E-state index contributed by atoms with van der Waals surface area (Å²) in [5.74, 6) is -1.21. The first-order valence-corrected chi connectivity index (χ1v) is 6.00. The van der Waals surface area contributed by atoms with Gasteiger partial charge >= 0.3 is 6.18 Å². The molecule has 0 bridgehead atoms. The molecule has 0 saturated carbocycles. The van der Waals surface area contributed by atoms with Gasteiger partial charge in [0.15, 0.2) is 0 Å². The molecule has 0 spiro atoms. The highest BCUT2D eigenvalue weighted by molar-refractivity contribution is 5.31. The van der Waals surface area contributed by atoms with Crippen molar-refractivity contribution in [1.29, 1.82) is 0 Å². The van der Waals surface area contributed by atoms with E-state index in [1.54, 1.807) is 6.92 Å². The molecule has 106 valence electrons. The van der Waals surface area contributed by atoms with Crippen molar-refractivity contribution in [3.05, 3.63) is 47.3 Å². The van der Waals surface area contributed by atoms with Crippen LogP contribution in [-0.2, 0) is 6.18 Å². The molecule has 0 aliphatic heterocycles. The van der Waals surface area contributed by atoms with E-state index in [1.165, 1.54) is 12.1 Å². The predicted octanol–water partition coefficient (Wildman–Crippen LogP) is 4.46. The summed E-state index contributed by atoms with van der Waals surface area (Å²) in [6.07, 6.45) is -4.29. The minimum atomic E-state index is -4.68. The van der Waals surface area contributed by atoms with Crippen LogP contribution in [0, 0.1) is 5.82 Å². The van der Waals surface area contributed by atoms with Gasteiger partial charge in [-0.3, -0.25) is 0 Å². The molecule has 0 aliphatic carbocycles. The maximum absolute atomic E-state index is 14.0. The number of benzene rings is 1. The topological polar surface area (TPSA) is 12.0 Å².